The fraction of sp³-hybridized carbons (Fsp3) is 0.455. The van der Waals surface area contributed by atoms with E-state index in [9.17, 15) is 4.21 Å². The molecule has 0 aliphatic carbocycles. The molecule has 5 heteroatoms. The van der Waals surface area contributed by atoms with Crippen molar-refractivity contribution in [3.63, 3.8) is 0 Å². The van der Waals surface area contributed by atoms with Gasteiger partial charge in [-0.15, -0.1) is 0 Å². The second-order valence-corrected chi connectivity index (χ2v) is 5.18. The molecule has 4 nitrogen and oxygen atoms in total. The molecule has 0 fully saturated rings. The first-order valence-electron chi connectivity index (χ1n) is 5.19. The van der Waals surface area contributed by atoms with Crippen molar-refractivity contribution >= 4 is 22.2 Å². The number of benzene rings is 1. The number of hydrogen-bond acceptors (Lipinski definition) is 4. The van der Waals surface area contributed by atoms with E-state index in [0.29, 0.717) is 29.5 Å². The van der Waals surface area contributed by atoms with Crippen LogP contribution in [0.2, 0.25) is 0 Å². The smallest absolute Gasteiger partial charge is 0.143 e. The lowest BCUT2D eigenvalue weighted by Gasteiger charge is -2.09. The molecule has 0 radical (unpaired) electrons. The van der Waals surface area contributed by atoms with Gasteiger partial charge in [0.2, 0.25) is 0 Å². The molecule has 90 valence electrons. The molecule has 0 saturated carbocycles. The zero-order chi connectivity index (χ0) is 12.0. The molecule has 1 rings (SSSR count). The van der Waals surface area contributed by atoms with Gasteiger partial charge in [0.05, 0.1) is 12.8 Å². The summed E-state index contributed by atoms with van der Waals surface area (Å²) in [5.41, 5.74) is 7.24. The van der Waals surface area contributed by atoms with Crippen LogP contribution in [0.15, 0.2) is 18.2 Å². The Labute approximate surface area is 98.6 Å². The number of ether oxygens (including phenoxy) is 1. The zero-order valence-corrected chi connectivity index (χ0v) is 10.5. The third-order valence-corrected chi connectivity index (χ3v) is 3.52. The Bertz CT molecular complexity index is 369. The van der Waals surface area contributed by atoms with E-state index in [2.05, 4.69) is 5.32 Å². The highest BCUT2D eigenvalue weighted by atomic mass is 32.2. The first kappa shape index (κ1) is 12.8. The first-order valence-corrected chi connectivity index (χ1v) is 6.68. The van der Waals surface area contributed by atoms with Crippen LogP contribution < -0.4 is 15.8 Å². The predicted octanol–water partition coefficient (Wildman–Crippen LogP) is 1.46. The van der Waals surface area contributed by atoms with Crippen LogP contribution in [0.4, 0.5) is 11.4 Å². The van der Waals surface area contributed by atoms with E-state index in [4.69, 9.17) is 10.5 Å². The maximum absolute atomic E-state index is 11.2. The summed E-state index contributed by atoms with van der Waals surface area (Å²) in [4.78, 5) is 0. The van der Waals surface area contributed by atoms with E-state index in [-0.39, 0.29) is 0 Å². The fourth-order valence-electron chi connectivity index (χ4n) is 1.27. The normalized spacial score (nSPS) is 12.1. The zero-order valence-electron chi connectivity index (χ0n) is 9.66. The largest absolute Gasteiger partial charge is 0.495 e. The predicted molar refractivity (Wildman–Crippen MR) is 69.4 cm³/mol. The van der Waals surface area contributed by atoms with Crippen molar-refractivity contribution in [3.8, 4) is 5.75 Å². The minimum atomic E-state index is -0.731. The molecule has 1 unspecified atom stereocenters. The van der Waals surface area contributed by atoms with Crippen LogP contribution in [0.5, 0.6) is 5.75 Å². The van der Waals surface area contributed by atoms with E-state index < -0.39 is 10.8 Å². The molecule has 0 aliphatic rings. The average molecular weight is 242 g/mol. The second-order valence-electron chi connectivity index (χ2n) is 3.32. The molecule has 16 heavy (non-hydrogen) atoms. The van der Waals surface area contributed by atoms with Crippen molar-refractivity contribution in [1.29, 1.82) is 0 Å². The highest BCUT2D eigenvalue weighted by molar-refractivity contribution is 7.84. The van der Waals surface area contributed by atoms with E-state index in [0.717, 1.165) is 5.69 Å². The van der Waals surface area contributed by atoms with Gasteiger partial charge in [-0.25, -0.2) is 0 Å². The number of anilines is 2. The molecule has 1 aromatic rings. The minimum absolute atomic E-state index is 0.616. The Hall–Kier alpha value is -1.23. The van der Waals surface area contributed by atoms with E-state index >= 15 is 0 Å². The molecule has 0 aromatic heterocycles. The SMILES string of the molecule is CCS(=O)CCNc1ccc(N)c(OC)c1. The maximum Gasteiger partial charge on any atom is 0.143 e. The summed E-state index contributed by atoms with van der Waals surface area (Å²) in [6.07, 6.45) is 0. The van der Waals surface area contributed by atoms with Gasteiger partial charge in [-0.1, -0.05) is 6.92 Å². The van der Waals surface area contributed by atoms with Crippen molar-refractivity contribution in [1.82, 2.24) is 0 Å². The first-order chi connectivity index (χ1) is 7.67. The highest BCUT2D eigenvalue weighted by Gasteiger charge is 2.01. The lowest BCUT2D eigenvalue weighted by molar-refractivity contribution is 0.417. The van der Waals surface area contributed by atoms with Gasteiger partial charge in [-0.3, -0.25) is 4.21 Å². The van der Waals surface area contributed by atoms with E-state index in [1.807, 2.05) is 19.1 Å². The van der Waals surface area contributed by atoms with Crippen molar-refractivity contribution in [3.05, 3.63) is 18.2 Å². The number of nitrogen functional groups attached to an aromatic ring is 1. The summed E-state index contributed by atoms with van der Waals surface area (Å²) >= 11 is 0. The Kier molecular flexibility index (Phi) is 5.11. The number of hydrogen-bond donors (Lipinski definition) is 2. The van der Waals surface area contributed by atoms with Crippen LogP contribution in [-0.4, -0.2) is 29.4 Å². The van der Waals surface area contributed by atoms with Crippen LogP contribution in [-0.2, 0) is 10.8 Å². The molecule has 0 amide bonds. The molecule has 0 heterocycles. The monoisotopic (exact) mass is 242 g/mol. The minimum Gasteiger partial charge on any atom is -0.495 e. The van der Waals surface area contributed by atoms with E-state index in [1.54, 1.807) is 13.2 Å². The van der Waals surface area contributed by atoms with Gasteiger partial charge in [0.1, 0.15) is 5.75 Å². The lowest BCUT2D eigenvalue weighted by Crippen LogP contribution is -2.12. The van der Waals surface area contributed by atoms with Crippen molar-refractivity contribution in [2.24, 2.45) is 0 Å². The molecular formula is C11H18N2O2S. The number of nitrogens with two attached hydrogens (primary N) is 1. The highest BCUT2D eigenvalue weighted by Crippen LogP contribution is 2.24. The standard InChI is InChI=1S/C11H18N2O2S/c1-3-16(14)7-6-13-9-4-5-10(12)11(8-9)15-2/h4-5,8,13H,3,6-7,12H2,1-2H3. The summed E-state index contributed by atoms with van der Waals surface area (Å²) in [5.74, 6) is 2.01. The topological polar surface area (TPSA) is 64.4 Å². The molecule has 1 atom stereocenters. The van der Waals surface area contributed by atoms with Gasteiger partial charge in [0.25, 0.3) is 0 Å². The summed E-state index contributed by atoms with van der Waals surface area (Å²) in [6, 6.07) is 5.51. The fourth-order valence-corrected chi connectivity index (χ4v) is 1.89. The van der Waals surface area contributed by atoms with E-state index in [1.165, 1.54) is 0 Å². The van der Waals surface area contributed by atoms with Gasteiger partial charge >= 0.3 is 0 Å². The number of nitrogens with one attached hydrogen (secondary N) is 1. The van der Waals surface area contributed by atoms with Gasteiger partial charge in [-0.2, -0.15) is 0 Å². The maximum atomic E-state index is 11.2. The second kappa shape index (κ2) is 6.37. The molecular weight excluding hydrogens is 224 g/mol. The average Bonchev–Trinajstić information content (AvgIpc) is 2.31. The third kappa shape index (κ3) is 3.73. The molecule has 0 bridgehead atoms. The molecule has 0 spiro atoms. The van der Waals surface area contributed by atoms with Gasteiger partial charge < -0.3 is 15.8 Å². The Morgan fingerprint density at radius 2 is 2.25 bits per heavy atom. The Morgan fingerprint density at radius 1 is 1.50 bits per heavy atom. The van der Waals surface area contributed by atoms with Crippen LogP contribution in [0, 0.1) is 0 Å². The number of rotatable bonds is 6. The molecule has 0 saturated heterocycles. The summed E-state index contributed by atoms with van der Waals surface area (Å²) in [5, 5.41) is 3.18. The van der Waals surface area contributed by atoms with Crippen LogP contribution in [0.1, 0.15) is 6.92 Å². The van der Waals surface area contributed by atoms with Crippen LogP contribution in [0.25, 0.3) is 0 Å². The van der Waals surface area contributed by atoms with Crippen LogP contribution in [0.3, 0.4) is 0 Å². The summed E-state index contributed by atoms with van der Waals surface area (Å²) in [6.45, 7) is 2.61. The van der Waals surface area contributed by atoms with Crippen molar-refractivity contribution < 1.29 is 8.95 Å². The van der Waals surface area contributed by atoms with Crippen molar-refractivity contribution in [2.75, 3.05) is 36.2 Å². The molecule has 1 aromatic carbocycles. The quantitative estimate of drug-likeness (QED) is 0.741. The molecule has 0 aliphatic heterocycles. The Balaban J connectivity index is 2.51. The van der Waals surface area contributed by atoms with Gasteiger partial charge in [-0.05, 0) is 12.1 Å². The molecule has 3 N–H and O–H groups in total. The van der Waals surface area contributed by atoms with Gasteiger partial charge in [0, 0.05) is 40.6 Å². The lowest BCUT2D eigenvalue weighted by atomic mass is 10.2. The van der Waals surface area contributed by atoms with Crippen molar-refractivity contribution in [2.45, 2.75) is 6.92 Å². The summed E-state index contributed by atoms with van der Waals surface area (Å²) in [7, 11) is 0.854. The van der Waals surface area contributed by atoms with Gasteiger partial charge in [0.15, 0.2) is 0 Å². The number of methoxy groups -OCH3 is 1. The third-order valence-electron chi connectivity index (χ3n) is 2.21. The van der Waals surface area contributed by atoms with Crippen LogP contribution >= 0.6 is 0 Å². The summed E-state index contributed by atoms with van der Waals surface area (Å²) < 4.78 is 16.3. The Morgan fingerprint density at radius 3 is 2.88 bits per heavy atom.